The average Bonchev–Trinajstić information content (AvgIpc) is 2.31. The van der Waals surface area contributed by atoms with Crippen molar-refractivity contribution in [1.29, 1.82) is 0 Å². The highest BCUT2D eigenvalue weighted by Crippen LogP contribution is 2.30. The topological polar surface area (TPSA) is 37.3 Å². The Morgan fingerprint density at radius 3 is 2.56 bits per heavy atom. The summed E-state index contributed by atoms with van der Waals surface area (Å²) in [7, 11) is 0. The molecule has 0 spiro atoms. The summed E-state index contributed by atoms with van der Waals surface area (Å²) in [5.41, 5.74) is 2.37. The normalized spacial score (nSPS) is 10.3. The van der Waals surface area contributed by atoms with Crippen molar-refractivity contribution in [1.82, 2.24) is 0 Å². The summed E-state index contributed by atoms with van der Waals surface area (Å²) in [6.07, 6.45) is -0.0231. The molecule has 0 unspecified atom stereocenters. The molecule has 0 aliphatic carbocycles. The van der Waals surface area contributed by atoms with E-state index in [0.29, 0.717) is 15.6 Å². The number of hydrogen-bond acceptors (Lipinski definition) is 1. The minimum atomic E-state index is -0.866. The van der Waals surface area contributed by atoms with E-state index in [4.69, 9.17) is 28.3 Å². The van der Waals surface area contributed by atoms with Gasteiger partial charge in [0.05, 0.1) is 6.42 Å². The van der Waals surface area contributed by atoms with Crippen LogP contribution in [0.25, 0.3) is 11.1 Å². The Hall–Kier alpha value is -1.51. The number of hydrogen-bond donors (Lipinski definition) is 1. The maximum Gasteiger partial charge on any atom is 0.307 e. The summed E-state index contributed by atoms with van der Waals surface area (Å²) in [5.74, 6) is -0.866. The number of rotatable bonds is 3. The molecule has 4 heteroatoms. The Morgan fingerprint density at radius 1 is 1.11 bits per heavy atom. The molecule has 0 bridgehead atoms. The highest BCUT2D eigenvalue weighted by atomic mass is 35.5. The van der Waals surface area contributed by atoms with E-state index in [1.807, 2.05) is 12.1 Å². The van der Waals surface area contributed by atoms with Crippen LogP contribution in [-0.2, 0) is 11.2 Å². The van der Waals surface area contributed by atoms with Crippen LogP contribution in [-0.4, -0.2) is 11.1 Å². The Bertz CT molecular complexity index is 594. The second kappa shape index (κ2) is 5.42. The number of carboxylic acid groups (broad SMARTS) is 1. The molecule has 2 nitrogen and oxygen atoms in total. The molecule has 0 atom stereocenters. The molecule has 18 heavy (non-hydrogen) atoms. The molecule has 0 heterocycles. The van der Waals surface area contributed by atoms with E-state index in [9.17, 15) is 4.79 Å². The molecule has 2 aromatic carbocycles. The monoisotopic (exact) mass is 280 g/mol. The number of carbonyl (C=O) groups is 1. The van der Waals surface area contributed by atoms with Gasteiger partial charge in [0.1, 0.15) is 0 Å². The van der Waals surface area contributed by atoms with E-state index in [1.54, 1.807) is 30.3 Å². The third kappa shape index (κ3) is 3.03. The van der Waals surface area contributed by atoms with Gasteiger partial charge in [-0.15, -0.1) is 0 Å². The number of benzene rings is 2. The van der Waals surface area contributed by atoms with Gasteiger partial charge in [0.15, 0.2) is 0 Å². The van der Waals surface area contributed by atoms with Crippen molar-refractivity contribution in [3.05, 3.63) is 58.1 Å². The maximum atomic E-state index is 10.7. The van der Waals surface area contributed by atoms with Gasteiger partial charge in [0.25, 0.3) is 0 Å². The summed E-state index contributed by atoms with van der Waals surface area (Å²) < 4.78 is 0. The molecule has 0 aliphatic heterocycles. The van der Waals surface area contributed by atoms with Crippen LogP contribution in [0.15, 0.2) is 42.5 Å². The van der Waals surface area contributed by atoms with Crippen LogP contribution in [0, 0.1) is 0 Å². The Kier molecular flexibility index (Phi) is 3.90. The van der Waals surface area contributed by atoms with E-state index in [-0.39, 0.29) is 6.42 Å². The molecule has 0 aliphatic rings. The van der Waals surface area contributed by atoms with Gasteiger partial charge in [-0.1, -0.05) is 41.4 Å². The first-order valence-corrected chi connectivity index (χ1v) is 6.08. The van der Waals surface area contributed by atoms with Crippen LogP contribution in [0.5, 0.6) is 0 Å². The predicted octanol–water partition coefficient (Wildman–Crippen LogP) is 4.29. The summed E-state index contributed by atoms with van der Waals surface area (Å²) in [5, 5.41) is 9.98. The molecule has 2 rings (SSSR count). The molecular weight excluding hydrogens is 271 g/mol. The fourth-order valence-electron chi connectivity index (χ4n) is 1.73. The molecule has 0 amide bonds. The first-order valence-electron chi connectivity index (χ1n) is 5.32. The first-order chi connectivity index (χ1) is 8.56. The van der Waals surface area contributed by atoms with E-state index >= 15 is 0 Å². The van der Waals surface area contributed by atoms with Crippen LogP contribution < -0.4 is 0 Å². The van der Waals surface area contributed by atoms with Gasteiger partial charge in [-0.2, -0.15) is 0 Å². The minimum absolute atomic E-state index is 0.0231. The van der Waals surface area contributed by atoms with Crippen LogP contribution >= 0.6 is 23.2 Å². The van der Waals surface area contributed by atoms with Gasteiger partial charge in [0, 0.05) is 15.6 Å². The van der Waals surface area contributed by atoms with Crippen LogP contribution in [0.2, 0.25) is 10.0 Å². The van der Waals surface area contributed by atoms with Crippen molar-refractivity contribution in [2.45, 2.75) is 6.42 Å². The molecule has 0 radical (unpaired) electrons. The fraction of sp³-hybridized carbons (Fsp3) is 0.0714. The Labute approximate surface area is 115 Å². The lowest BCUT2D eigenvalue weighted by Gasteiger charge is -2.07. The molecule has 0 fully saturated rings. The Balaban J connectivity index is 2.46. The number of carboxylic acids is 1. The van der Waals surface area contributed by atoms with Gasteiger partial charge >= 0.3 is 5.97 Å². The highest BCUT2D eigenvalue weighted by molar-refractivity contribution is 6.33. The van der Waals surface area contributed by atoms with E-state index in [0.717, 1.165) is 11.1 Å². The van der Waals surface area contributed by atoms with Crippen LogP contribution in [0.3, 0.4) is 0 Å². The highest BCUT2D eigenvalue weighted by Gasteiger charge is 2.07. The van der Waals surface area contributed by atoms with E-state index in [2.05, 4.69) is 0 Å². The summed E-state index contributed by atoms with van der Waals surface area (Å²) in [6.45, 7) is 0. The first kappa shape index (κ1) is 12.9. The van der Waals surface area contributed by atoms with Crippen molar-refractivity contribution in [2.75, 3.05) is 0 Å². The van der Waals surface area contributed by atoms with Crippen molar-refractivity contribution in [2.24, 2.45) is 0 Å². The molecule has 0 aromatic heterocycles. The average molecular weight is 281 g/mol. The van der Waals surface area contributed by atoms with Crippen LogP contribution in [0.4, 0.5) is 0 Å². The smallest absolute Gasteiger partial charge is 0.307 e. The molecule has 0 saturated carbocycles. The van der Waals surface area contributed by atoms with Crippen LogP contribution in [0.1, 0.15) is 5.56 Å². The third-order valence-electron chi connectivity index (χ3n) is 2.52. The van der Waals surface area contributed by atoms with Gasteiger partial charge in [0.2, 0.25) is 0 Å². The lowest BCUT2D eigenvalue weighted by molar-refractivity contribution is -0.136. The van der Waals surface area contributed by atoms with Gasteiger partial charge in [-0.25, -0.2) is 0 Å². The van der Waals surface area contributed by atoms with Crippen molar-refractivity contribution in [3.8, 4) is 11.1 Å². The van der Waals surface area contributed by atoms with Crippen molar-refractivity contribution >= 4 is 29.2 Å². The summed E-state index contributed by atoms with van der Waals surface area (Å²) in [4.78, 5) is 10.7. The van der Waals surface area contributed by atoms with Gasteiger partial charge in [-0.05, 0) is 35.4 Å². The largest absolute Gasteiger partial charge is 0.481 e. The fourth-order valence-corrected chi connectivity index (χ4v) is 2.15. The van der Waals surface area contributed by atoms with E-state index < -0.39 is 5.97 Å². The van der Waals surface area contributed by atoms with Crippen molar-refractivity contribution < 1.29 is 9.90 Å². The SMILES string of the molecule is O=C(O)Cc1ccc(Cl)c(-c2cccc(Cl)c2)c1. The molecule has 2 aromatic rings. The third-order valence-corrected chi connectivity index (χ3v) is 3.09. The van der Waals surface area contributed by atoms with Gasteiger partial charge < -0.3 is 5.11 Å². The predicted molar refractivity (Wildman–Crippen MR) is 73.2 cm³/mol. The number of aliphatic carboxylic acids is 1. The molecule has 1 N–H and O–H groups in total. The number of halogens is 2. The van der Waals surface area contributed by atoms with Crippen molar-refractivity contribution in [3.63, 3.8) is 0 Å². The molecule has 92 valence electrons. The maximum absolute atomic E-state index is 10.7. The zero-order chi connectivity index (χ0) is 13.1. The molecule has 0 saturated heterocycles. The standard InChI is InChI=1S/C14H10Cl2O2/c15-11-3-1-2-10(8-11)12-6-9(7-14(17)18)4-5-13(12)16/h1-6,8H,7H2,(H,17,18). The molecular formula is C14H10Cl2O2. The lowest BCUT2D eigenvalue weighted by atomic mass is 10.0. The summed E-state index contributed by atoms with van der Waals surface area (Å²) in [6, 6.07) is 12.5. The summed E-state index contributed by atoms with van der Waals surface area (Å²) >= 11 is 12.1. The second-order valence-electron chi connectivity index (χ2n) is 3.90. The van der Waals surface area contributed by atoms with Gasteiger partial charge in [-0.3, -0.25) is 4.79 Å². The lowest BCUT2D eigenvalue weighted by Crippen LogP contribution is -2.00. The Morgan fingerprint density at radius 2 is 1.89 bits per heavy atom. The zero-order valence-corrected chi connectivity index (χ0v) is 10.9. The van der Waals surface area contributed by atoms with E-state index in [1.165, 1.54) is 0 Å². The quantitative estimate of drug-likeness (QED) is 0.911. The zero-order valence-electron chi connectivity index (χ0n) is 9.36. The second-order valence-corrected chi connectivity index (χ2v) is 4.74. The minimum Gasteiger partial charge on any atom is -0.481 e.